The molecule has 3 amide bonds. The highest BCUT2D eigenvalue weighted by Crippen LogP contribution is 2.55. The van der Waals surface area contributed by atoms with Crippen molar-refractivity contribution in [3.63, 3.8) is 0 Å². The van der Waals surface area contributed by atoms with Gasteiger partial charge in [0.1, 0.15) is 29.2 Å². The number of nitrogens with zero attached hydrogens (tertiary/aromatic N) is 1. The zero-order valence-corrected chi connectivity index (χ0v) is 21.8. The number of nitrogens with two attached hydrogens (primary N) is 1. The fourth-order valence-corrected chi connectivity index (χ4v) is 5.53. The molecule has 4 unspecified atom stereocenters. The van der Waals surface area contributed by atoms with Crippen LogP contribution in [0.15, 0.2) is 54.1 Å². The fraction of sp³-hybridized carbons (Fsp3) is 0.393. The molecular formula is C28H28F3N5O4. The van der Waals surface area contributed by atoms with Crippen molar-refractivity contribution in [2.24, 2.45) is 17.6 Å². The highest BCUT2D eigenvalue weighted by molar-refractivity contribution is 5.93. The molecule has 1 saturated heterocycles. The van der Waals surface area contributed by atoms with Crippen LogP contribution in [0.3, 0.4) is 0 Å². The topological polar surface area (TPSA) is 128 Å². The molecule has 0 bridgehead atoms. The second-order valence-corrected chi connectivity index (χ2v) is 11.1. The monoisotopic (exact) mass is 555 g/mol. The summed E-state index contributed by atoms with van der Waals surface area (Å²) >= 11 is 0. The lowest BCUT2D eigenvalue weighted by Crippen LogP contribution is -2.35. The quantitative estimate of drug-likeness (QED) is 0.428. The van der Waals surface area contributed by atoms with E-state index in [1.807, 2.05) is 12.2 Å². The SMILES string of the molecule is CC(C)(N)c1cc(NC(=O)NC2C3OC4=CC=C(Oc5ccnc6c5CCC(=O)N6)CC4C23)cc(C(F)(F)F)c1. The number of benzene rings is 1. The van der Waals surface area contributed by atoms with Crippen molar-refractivity contribution < 1.29 is 32.2 Å². The van der Waals surface area contributed by atoms with E-state index in [1.165, 1.54) is 6.07 Å². The minimum atomic E-state index is -4.59. The van der Waals surface area contributed by atoms with E-state index >= 15 is 0 Å². The minimum Gasteiger partial charge on any atom is -0.492 e. The van der Waals surface area contributed by atoms with Crippen molar-refractivity contribution in [2.75, 3.05) is 10.6 Å². The Hall–Kier alpha value is -4.06. The molecule has 0 radical (unpaired) electrons. The molecular weight excluding hydrogens is 527 g/mol. The number of aromatic nitrogens is 1. The molecule has 2 aliphatic heterocycles. The van der Waals surface area contributed by atoms with Gasteiger partial charge in [0.05, 0.1) is 11.6 Å². The van der Waals surface area contributed by atoms with Gasteiger partial charge in [0.15, 0.2) is 0 Å². The number of halogens is 3. The van der Waals surface area contributed by atoms with Crippen LogP contribution in [-0.4, -0.2) is 29.1 Å². The molecule has 1 aromatic heterocycles. The summed E-state index contributed by atoms with van der Waals surface area (Å²) in [5.74, 6) is 2.60. The van der Waals surface area contributed by atoms with Crippen molar-refractivity contribution in [1.82, 2.24) is 10.3 Å². The van der Waals surface area contributed by atoms with Crippen LogP contribution in [0.25, 0.3) is 0 Å². The van der Waals surface area contributed by atoms with Gasteiger partial charge in [0, 0.05) is 47.7 Å². The van der Waals surface area contributed by atoms with Crippen molar-refractivity contribution in [1.29, 1.82) is 0 Å². The summed E-state index contributed by atoms with van der Waals surface area (Å²) in [5.41, 5.74) is 5.20. The minimum absolute atomic E-state index is 0.00122. The van der Waals surface area contributed by atoms with Crippen molar-refractivity contribution in [2.45, 2.75) is 57.0 Å². The predicted octanol–water partition coefficient (Wildman–Crippen LogP) is 4.56. The number of ether oxygens (including phenoxy) is 2. The molecule has 2 aromatic rings. The van der Waals surface area contributed by atoms with Crippen molar-refractivity contribution >= 4 is 23.4 Å². The Balaban J connectivity index is 1.10. The molecule has 12 heteroatoms. The normalized spacial score (nSPS) is 24.8. The molecule has 2 fully saturated rings. The first kappa shape index (κ1) is 26.2. The maximum Gasteiger partial charge on any atom is 0.416 e. The first-order valence-corrected chi connectivity index (χ1v) is 13.0. The number of alkyl halides is 3. The number of hydrogen-bond donors (Lipinski definition) is 4. The second-order valence-electron chi connectivity index (χ2n) is 11.1. The van der Waals surface area contributed by atoms with Gasteiger partial charge in [-0.15, -0.1) is 0 Å². The number of urea groups is 1. The van der Waals surface area contributed by atoms with E-state index in [0.29, 0.717) is 30.8 Å². The number of amides is 3. The van der Waals surface area contributed by atoms with Gasteiger partial charge >= 0.3 is 12.2 Å². The van der Waals surface area contributed by atoms with Gasteiger partial charge in [0.2, 0.25) is 5.91 Å². The third-order valence-electron chi connectivity index (χ3n) is 7.64. The van der Waals surface area contributed by atoms with Gasteiger partial charge in [-0.2, -0.15) is 13.2 Å². The molecule has 3 heterocycles. The number of carbonyl (C=O) groups is 2. The van der Waals surface area contributed by atoms with E-state index in [2.05, 4.69) is 20.9 Å². The summed E-state index contributed by atoms with van der Waals surface area (Å²) in [6.45, 7) is 3.19. The summed E-state index contributed by atoms with van der Waals surface area (Å²) in [6.07, 6.45) is 1.94. The lowest BCUT2D eigenvalue weighted by molar-refractivity contribution is -0.137. The van der Waals surface area contributed by atoms with Crippen LogP contribution in [0, 0.1) is 11.8 Å². The Labute approximate surface area is 228 Å². The third-order valence-corrected chi connectivity index (χ3v) is 7.64. The summed E-state index contributed by atoms with van der Waals surface area (Å²) in [6, 6.07) is 4.17. The maximum absolute atomic E-state index is 13.4. The zero-order chi connectivity index (χ0) is 28.4. The van der Waals surface area contributed by atoms with E-state index < -0.39 is 23.3 Å². The second kappa shape index (κ2) is 9.26. The van der Waals surface area contributed by atoms with Crippen LogP contribution in [0.4, 0.5) is 29.5 Å². The predicted molar refractivity (Wildman–Crippen MR) is 139 cm³/mol. The largest absolute Gasteiger partial charge is 0.492 e. The molecule has 1 aromatic carbocycles. The van der Waals surface area contributed by atoms with Gasteiger partial charge < -0.3 is 31.2 Å². The average molecular weight is 556 g/mol. The summed E-state index contributed by atoms with van der Waals surface area (Å²) in [7, 11) is 0. The van der Waals surface area contributed by atoms with E-state index in [9.17, 15) is 22.8 Å². The van der Waals surface area contributed by atoms with Crippen LogP contribution in [0.2, 0.25) is 0 Å². The van der Waals surface area contributed by atoms with Crippen molar-refractivity contribution in [3.8, 4) is 5.75 Å². The molecule has 2 aliphatic carbocycles. The van der Waals surface area contributed by atoms with Gasteiger partial charge in [0.25, 0.3) is 0 Å². The fourth-order valence-electron chi connectivity index (χ4n) is 5.53. The van der Waals surface area contributed by atoms with E-state index in [0.717, 1.165) is 29.2 Å². The smallest absolute Gasteiger partial charge is 0.416 e. The highest BCUT2D eigenvalue weighted by atomic mass is 19.4. The summed E-state index contributed by atoms with van der Waals surface area (Å²) < 4.78 is 52.6. The van der Waals surface area contributed by atoms with Gasteiger partial charge in [-0.05, 0) is 62.2 Å². The van der Waals surface area contributed by atoms with Crippen LogP contribution in [-0.2, 0) is 27.7 Å². The summed E-state index contributed by atoms with van der Waals surface area (Å²) in [5, 5.41) is 8.13. The Kier molecular flexibility index (Phi) is 6.06. The van der Waals surface area contributed by atoms with Gasteiger partial charge in [-0.1, -0.05) is 0 Å². The van der Waals surface area contributed by atoms with Crippen LogP contribution in [0.5, 0.6) is 5.75 Å². The molecule has 4 atom stereocenters. The van der Waals surface area contributed by atoms with Crippen LogP contribution in [0.1, 0.15) is 43.4 Å². The Bertz CT molecular complexity index is 1430. The van der Waals surface area contributed by atoms with E-state index in [1.54, 1.807) is 26.1 Å². The number of nitrogens with one attached hydrogen (secondary N) is 3. The molecule has 5 N–H and O–H groups in total. The molecule has 9 nitrogen and oxygen atoms in total. The molecule has 40 heavy (non-hydrogen) atoms. The van der Waals surface area contributed by atoms with Crippen LogP contribution >= 0.6 is 0 Å². The Morgan fingerprint density at radius 2 is 1.95 bits per heavy atom. The summed E-state index contributed by atoms with van der Waals surface area (Å²) in [4.78, 5) is 28.7. The molecule has 1 saturated carbocycles. The number of carbonyl (C=O) groups excluding carboxylic acids is 2. The lowest BCUT2D eigenvalue weighted by atomic mass is 9.93. The number of rotatable bonds is 5. The standard InChI is InChI=1S/C28H28F3N5O4/c1-27(2,32)13-9-14(28(29,30)31)11-15(10-13)34-26(38)36-23-22-18-12-16(3-5-19(18)40-24(22)23)39-20-7-8-33-25-17(20)4-6-21(37)35-25/h3,5,7-11,18,22-24H,4,6,12,32H2,1-2H3,(H,33,35,37)(H2,34,36,38). The molecule has 4 aliphatic rings. The van der Waals surface area contributed by atoms with Crippen molar-refractivity contribution in [3.05, 3.63) is 70.8 Å². The van der Waals surface area contributed by atoms with Gasteiger partial charge in [-0.3, -0.25) is 4.79 Å². The van der Waals surface area contributed by atoms with Gasteiger partial charge in [-0.25, -0.2) is 9.78 Å². The number of anilines is 2. The first-order chi connectivity index (χ1) is 18.9. The zero-order valence-electron chi connectivity index (χ0n) is 21.8. The van der Waals surface area contributed by atoms with Crippen LogP contribution < -0.4 is 26.4 Å². The molecule has 6 rings (SSSR count). The third kappa shape index (κ3) is 4.99. The average Bonchev–Trinajstić information content (AvgIpc) is 3.38. The molecule has 210 valence electrons. The Morgan fingerprint density at radius 1 is 1.18 bits per heavy atom. The van der Waals surface area contributed by atoms with E-state index in [4.69, 9.17) is 15.2 Å². The Morgan fingerprint density at radius 3 is 2.70 bits per heavy atom. The number of allylic oxidation sites excluding steroid dienone is 4. The number of pyridine rings is 1. The van der Waals surface area contributed by atoms with E-state index in [-0.39, 0.29) is 41.1 Å². The molecule has 0 spiro atoms. The first-order valence-electron chi connectivity index (χ1n) is 13.0. The highest BCUT2D eigenvalue weighted by Gasteiger charge is 2.64. The lowest BCUT2D eigenvalue weighted by Gasteiger charge is -2.24. The maximum atomic E-state index is 13.4. The number of hydrogen-bond acceptors (Lipinski definition) is 6. The number of fused-ring (bicyclic) bond motifs is 4.